The lowest BCUT2D eigenvalue weighted by molar-refractivity contribution is -0.126. The van der Waals surface area contributed by atoms with Gasteiger partial charge in [-0.2, -0.15) is 0 Å². The Bertz CT molecular complexity index is 1180. The van der Waals surface area contributed by atoms with Gasteiger partial charge in [0.05, 0.1) is 19.9 Å². The third-order valence-corrected chi connectivity index (χ3v) is 6.46. The van der Waals surface area contributed by atoms with Crippen molar-refractivity contribution < 1.29 is 23.5 Å². The van der Waals surface area contributed by atoms with Crippen LogP contribution in [0, 0.1) is 6.92 Å². The molecule has 0 aliphatic heterocycles. The maximum atomic E-state index is 13.8. The van der Waals surface area contributed by atoms with Crippen LogP contribution in [0.3, 0.4) is 0 Å². The van der Waals surface area contributed by atoms with Crippen molar-refractivity contribution in [2.45, 2.75) is 44.7 Å². The van der Waals surface area contributed by atoms with Crippen LogP contribution in [0.15, 0.2) is 71.3 Å². The quantitative estimate of drug-likeness (QED) is 0.470. The molecule has 1 fully saturated rings. The highest BCUT2D eigenvalue weighted by molar-refractivity contribution is 6.04. The molecule has 0 radical (unpaired) electrons. The van der Waals surface area contributed by atoms with Crippen LogP contribution < -0.4 is 20.3 Å². The minimum atomic E-state index is -0.923. The first-order valence-corrected chi connectivity index (χ1v) is 12.1. The highest BCUT2D eigenvalue weighted by Crippen LogP contribution is 2.32. The van der Waals surface area contributed by atoms with E-state index in [1.165, 1.54) is 17.2 Å². The highest BCUT2D eigenvalue weighted by Gasteiger charge is 2.35. The Morgan fingerprint density at radius 2 is 1.75 bits per heavy atom. The number of nitrogens with zero attached hydrogens (tertiary/aromatic N) is 1. The Labute approximate surface area is 210 Å². The van der Waals surface area contributed by atoms with Crippen LogP contribution in [0.4, 0.5) is 5.69 Å². The van der Waals surface area contributed by atoms with E-state index in [2.05, 4.69) is 10.6 Å². The number of anilines is 1. The third kappa shape index (κ3) is 5.76. The van der Waals surface area contributed by atoms with E-state index in [1.54, 1.807) is 37.4 Å². The number of methoxy groups -OCH3 is 1. The summed E-state index contributed by atoms with van der Waals surface area (Å²) < 4.78 is 10.4. The Kier molecular flexibility index (Phi) is 8.05. The maximum absolute atomic E-state index is 13.8. The molecule has 1 saturated carbocycles. The van der Waals surface area contributed by atoms with Gasteiger partial charge in [0.15, 0.2) is 5.76 Å². The van der Waals surface area contributed by atoms with Gasteiger partial charge in [-0.25, -0.2) is 0 Å². The van der Waals surface area contributed by atoms with Crippen LogP contribution in [-0.4, -0.2) is 37.4 Å². The fraction of sp³-hybridized carbons (Fsp3) is 0.321. The van der Waals surface area contributed by atoms with Gasteiger partial charge in [0, 0.05) is 11.7 Å². The average molecular weight is 490 g/mol. The molecule has 8 nitrogen and oxygen atoms in total. The molecule has 8 heteroatoms. The molecule has 0 bridgehead atoms. The molecule has 3 amide bonds. The molecule has 3 aromatic rings. The van der Waals surface area contributed by atoms with E-state index >= 15 is 0 Å². The topological polar surface area (TPSA) is 101 Å². The summed E-state index contributed by atoms with van der Waals surface area (Å²) in [5.74, 6) is -0.466. The van der Waals surface area contributed by atoms with Crippen LogP contribution in [0.2, 0.25) is 0 Å². The summed E-state index contributed by atoms with van der Waals surface area (Å²) >= 11 is 0. The van der Waals surface area contributed by atoms with Crippen LogP contribution in [0.5, 0.6) is 5.75 Å². The van der Waals surface area contributed by atoms with Gasteiger partial charge in [-0.15, -0.1) is 0 Å². The molecule has 0 unspecified atom stereocenters. The first kappa shape index (κ1) is 25.0. The number of amides is 3. The summed E-state index contributed by atoms with van der Waals surface area (Å²) in [5, 5.41) is 5.77. The Morgan fingerprint density at radius 3 is 2.39 bits per heavy atom. The maximum Gasteiger partial charge on any atom is 0.287 e. The van der Waals surface area contributed by atoms with Gasteiger partial charge in [0.25, 0.3) is 5.91 Å². The molecular weight excluding hydrogens is 458 g/mol. The number of benzene rings is 2. The summed E-state index contributed by atoms with van der Waals surface area (Å²) in [6, 6.07) is 16.7. The van der Waals surface area contributed by atoms with E-state index in [1.807, 2.05) is 31.2 Å². The molecule has 2 N–H and O–H groups in total. The van der Waals surface area contributed by atoms with Crippen LogP contribution in [-0.2, 0) is 9.59 Å². The van der Waals surface area contributed by atoms with Crippen molar-refractivity contribution in [1.29, 1.82) is 0 Å². The van der Waals surface area contributed by atoms with Gasteiger partial charge in [-0.1, -0.05) is 37.1 Å². The van der Waals surface area contributed by atoms with Crippen molar-refractivity contribution in [3.05, 3.63) is 83.8 Å². The number of rotatable bonds is 9. The molecule has 0 saturated heterocycles. The van der Waals surface area contributed by atoms with Gasteiger partial charge < -0.3 is 19.8 Å². The number of hydrogen-bond acceptors (Lipinski definition) is 5. The molecule has 36 heavy (non-hydrogen) atoms. The van der Waals surface area contributed by atoms with E-state index in [0.29, 0.717) is 11.4 Å². The molecule has 1 aliphatic carbocycles. The summed E-state index contributed by atoms with van der Waals surface area (Å²) in [4.78, 5) is 41.4. The summed E-state index contributed by atoms with van der Waals surface area (Å²) in [6.07, 6.45) is 5.37. The van der Waals surface area contributed by atoms with Crippen molar-refractivity contribution in [3.8, 4) is 5.75 Å². The summed E-state index contributed by atoms with van der Waals surface area (Å²) in [7, 11) is 1.56. The molecule has 1 aliphatic rings. The number of hydrogen-bond donors (Lipinski definition) is 2. The summed E-state index contributed by atoms with van der Waals surface area (Å²) in [5.41, 5.74) is 2.12. The van der Waals surface area contributed by atoms with Gasteiger partial charge in [0.1, 0.15) is 11.8 Å². The molecule has 1 heterocycles. The second-order valence-corrected chi connectivity index (χ2v) is 8.87. The van der Waals surface area contributed by atoms with Crippen molar-refractivity contribution in [2.75, 3.05) is 18.6 Å². The second kappa shape index (κ2) is 11.6. The van der Waals surface area contributed by atoms with Crippen molar-refractivity contribution in [3.63, 3.8) is 0 Å². The molecule has 0 spiro atoms. The van der Waals surface area contributed by atoms with E-state index in [9.17, 15) is 14.4 Å². The van der Waals surface area contributed by atoms with Crippen molar-refractivity contribution in [1.82, 2.24) is 10.6 Å². The standard InChI is InChI=1S/C28H31N3O5/c1-19-8-3-6-11-23(19)26(28(34)30-20-9-4-5-10-20)31(21-13-15-22(35-2)16-14-21)25(32)18-29-27(33)24-12-7-17-36-24/h3,6-8,11-17,20,26H,4-5,9-10,18H2,1-2H3,(H,29,33)(H,30,34)/t26-/m0/s1. The zero-order chi connectivity index (χ0) is 25.5. The smallest absolute Gasteiger partial charge is 0.287 e. The zero-order valence-corrected chi connectivity index (χ0v) is 20.5. The highest BCUT2D eigenvalue weighted by atomic mass is 16.5. The third-order valence-electron chi connectivity index (χ3n) is 6.46. The monoisotopic (exact) mass is 489 g/mol. The predicted molar refractivity (Wildman–Crippen MR) is 136 cm³/mol. The number of ether oxygens (including phenoxy) is 1. The minimum Gasteiger partial charge on any atom is -0.497 e. The molecule has 1 aromatic heterocycles. The lowest BCUT2D eigenvalue weighted by Gasteiger charge is -2.33. The minimum absolute atomic E-state index is 0.0792. The first-order chi connectivity index (χ1) is 17.5. The van der Waals surface area contributed by atoms with E-state index in [-0.39, 0.29) is 24.3 Å². The van der Waals surface area contributed by atoms with Gasteiger partial charge in [-0.05, 0) is 67.3 Å². The van der Waals surface area contributed by atoms with E-state index in [4.69, 9.17) is 9.15 Å². The largest absolute Gasteiger partial charge is 0.497 e. The van der Waals surface area contributed by atoms with Crippen LogP contribution in [0.25, 0.3) is 0 Å². The van der Waals surface area contributed by atoms with Crippen molar-refractivity contribution >= 4 is 23.4 Å². The lowest BCUT2D eigenvalue weighted by Crippen LogP contribution is -2.49. The molecule has 1 atom stereocenters. The number of carbonyl (C=O) groups excluding carboxylic acids is 3. The van der Waals surface area contributed by atoms with E-state index < -0.39 is 17.9 Å². The molecule has 4 rings (SSSR count). The van der Waals surface area contributed by atoms with E-state index in [0.717, 1.165) is 36.8 Å². The zero-order valence-electron chi connectivity index (χ0n) is 20.5. The van der Waals surface area contributed by atoms with Crippen LogP contribution in [0.1, 0.15) is 53.4 Å². The average Bonchev–Trinajstić information content (AvgIpc) is 3.61. The molecular formula is C28H31N3O5. The number of aryl methyl sites for hydroxylation is 1. The molecule has 188 valence electrons. The van der Waals surface area contributed by atoms with Gasteiger partial charge >= 0.3 is 0 Å². The van der Waals surface area contributed by atoms with Crippen molar-refractivity contribution in [2.24, 2.45) is 0 Å². The fourth-order valence-corrected chi connectivity index (χ4v) is 4.56. The summed E-state index contributed by atoms with van der Waals surface area (Å²) in [6.45, 7) is 1.60. The number of carbonyl (C=O) groups is 3. The number of furan rings is 1. The normalized spacial score (nSPS) is 14.2. The molecule has 2 aromatic carbocycles. The fourth-order valence-electron chi connectivity index (χ4n) is 4.56. The SMILES string of the molecule is COc1ccc(N(C(=O)CNC(=O)c2ccco2)[C@H](C(=O)NC2CCCC2)c2ccccc2C)cc1. The first-order valence-electron chi connectivity index (χ1n) is 12.1. The lowest BCUT2D eigenvalue weighted by atomic mass is 9.97. The van der Waals surface area contributed by atoms with Crippen LogP contribution >= 0.6 is 0 Å². The van der Waals surface area contributed by atoms with Gasteiger partial charge in [0.2, 0.25) is 11.8 Å². The van der Waals surface area contributed by atoms with Gasteiger partial charge in [-0.3, -0.25) is 19.3 Å². The Hall–Kier alpha value is -4.07. The second-order valence-electron chi connectivity index (χ2n) is 8.87. The number of nitrogens with one attached hydrogen (secondary N) is 2. The Morgan fingerprint density at radius 1 is 1.03 bits per heavy atom. The predicted octanol–water partition coefficient (Wildman–Crippen LogP) is 4.16. The Balaban J connectivity index is 1.70.